The molecule has 10 heteroatoms. The first-order chi connectivity index (χ1) is 13.8. The number of carbonyl (C=O) groups excluding carboxylic acids is 1. The van der Waals surface area contributed by atoms with E-state index in [1.54, 1.807) is 19.1 Å². The summed E-state index contributed by atoms with van der Waals surface area (Å²) in [5.74, 6) is -0.583. The Morgan fingerprint density at radius 1 is 1.21 bits per heavy atom. The van der Waals surface area contributed by atoms with E-state index in [1.807, 2.05) is 6.92 Å². The molecule has 0 saturated heterocycles. The third-order valence-corrected chi connectivity index (χ3v) is 5.09. The monoisotopic (exact) mass is 421 g/mol. The van der Waals surface area contributed by atoms with Crippen LogP contribution in [0.15, 0.2) is 40.3 Å². The van der Waals surface area contributed by atoms with Crippen molar-refractivity contribution in [3.8, 4) is 5.75 Å². The standard InChI is InChI=1S/C19H17F2N3O4S/c1-9-8-13(17(26)27-3)14-15(22-9)23-19(24-16(14)25)29-10(2)11-4-6-12(7-5-11)28-18(20)21/h4-8,10,18H,1-3H3,(H,22,23,24,25). The summed E-state index contributed by atoms with van der Waals surface area (Å²) in [5, 5.41) is 0.228. The molecule has 152 valence electrons. The lowest BCUT2D eigenvalue weighted by Gasteiger charge is -2.12. The molecule has 0 aliphatic rings. The molecule has 0 radical (unpaired) electrons. The summed E-state index contributed by atoms with van der Waals surface area (Å²) < 4.78 is 33.6. The van der Waals surface area contributed by atoms with Gasteiger partial charge >= 0.3 is 12.6 Å². The molecule has 2 heterocycles. The molecule has 1 unspecified atom stereocenters. The summed E-state index contributed by atoms with van der Waals surface area (Å²) in [6.07, 6.45) is 0. The summed E-state index contributed by atoms with van der Waals surface area (Å²) in [6.45, 7) is 0.680. The van der Waals surface area contributed by atoms with E-state index in [0.29, 0.717) is 10.9 Å². The van der Waals surface area contributed by atoms with Crippen LogP contribution < -0.4 is 10.3 Å². The number of methoxy groups -OCH3 is 1. The van der Waals surface area contributed by atoms with Crippen molar-refractivity contribution >= 4 is 28.8 Å². The van der Waals surface area contributed by atoms with Crippen LogP contribution in [0.4, 0.5) is 8.78 Å². The molecule has 0 amide bonds. The number of alkyl halides is 2. The molecular formula is C19H17F2N3O4S. The third kappa shape index (κ3) is 4.70. The normalized spacial score (nSPS) is 12.2. The van der Waals surface area contributed by atoms with Crippen LogP contribution in [0.3, 0.4) is 0 Å². The minimum Gasteiger partial charge on any atom is -0.465 e. The van der Waals surface area contributed by atoms with Gasteiger partial charge in [-0.25, -0.2) is 14.8 Å². The Kier molecular flexibility index (Phi) is 6.12. The summed E-state index contributed by atoms with van der Waals surface area (Å²) in [7, 11) is 1.23. The molecule has 1 N–H and O–H groups in total. The van der Waals surface area contributed by atoms with E-state index >= 15 is 0 Å². The molecule has 1 atom stereocenters. The number of halogens is 2. The van der Waals surface area contributed by atoms with Gasteiger partial charge in [0.1, 0.15) is 5.75 Å². The number of carbonyl (C=O) groups is 1. The Morgan fingerprint density at radius 2 is 1.90 bits per heavy atom. The number of aromatic nitrogens is 3. The zero-order valence-electron chi connectivity index (χ0n) is 15.7. The van der Waals surface area contributed by atoms with Gasteiger partial charge in [0.15, 0.2) is 10.8 Å². The van der Waals surface area contributed by atoms with Crippen LogP contribution in [0, 0.1) is 6.92 Å². The van der Waals surface area contributed by atoms with Gasteiger partial charge in [-0.1, -0.05) is 23.9 Å². The molecule has 0 fully saturated rings. The highest BCUT2D eigenvalue weighted by molar-refractivity contribution is 7.99. The van der Waals surface area contributed by atoms with Crippen LogP contribution in [-0.4, -0.2) is 34.6 Å². The number of aromatic amines is 1. The van der Waals surface area contributed by atoms with Crippen molar-refractivity contribution in [1.29, 1.82) is 0 Å². The molecule has 29 heavy (non-hydrogen) atoms. The molecule has 0 aliphatic carbocycles. The van der Waals surface area contributed by atoms with Crippen molar-refractivity contribution in [2.75, 3.05) is 7.11 Å². The fourth-order valence-electron chi connectivity index (χ4n) is 2.73. The zero-order valence-corrected chi connectivity index (χ0v) is 16.5. The molecule has 0 saturated carbocycles. The number of H-pyrrole nitrogens is 1. The van der Waals surface area contributed by atoms with Crippen molar-refractivity contribution in [3.05, 3.63) is 57.5 Å². The summed E-state index contributed by atoms with van der Waals surface area (Å²) >= 11 is 1.26. The van der Waals surface area contributed by atoms with Gasteiger partial charge in [-0.05, 0) is 37.6 Å². The predicted molar refractivity (Wildman–Crippen MR) is 104 cm³/mol. The van der Waals surface area contributed by atoms with E-state index in [0.717, 1.165) is 5.56 Å². The van der Waals surface area contributed by atoms with Gasteiger partial charge in [0.2, 0.25) is 0 Å². The van der Waals surface area contributed by atoms with Crippen LogP contribution >= 0.6 is 11.8 Å². The van der Waals surface area contributed by atoms with Crippen molar-refractivity contribution in [2.45, 2.75) is 30.9 Å². The number of nitrogens with one attached hydrogen (secondary N) is 1. The second-order valence-electron chi connectivity index (χ2n) is 6.08. The van der Waals surface area contributed by atoms with Crippen molar-refractivity contribution in [2.24, 2.45) is 0 Å². The lowest BCUT2D eigenvalue weighted by molar-refractivity contribution is -0.0498. The number of rotatable bonds is 6. The van der Waals surface area contributed by atoms with Crippen molar-refractivity contribution in [1.82, 2.24) is 15.0 Å². The maximum Gasteiger partial charge on any atom is 0.387 e. The van der Waals surface area contributed by atoms with Gasteiger partial charge < -0.3 is 14.5 Å². The van der Waals surface area contributed by atoms with E-state index < -0.39 is 18.1 Å². The Labute approximate surface area is 168 Å². The number of esters is 1. The molecule has 3 aromatic rings. The summed E-state index contributed by atoms with van der Waals surface area (Å²) in [5.41, 5.74) is 1.09. The summed E-state index contributed by atoms with van der Waals surface area (Å²) in [4.78, 5) is 35.8. The fourth-order valence-corrected chi connectivity index (χ4v) is 3.65. The van der Waals surface area contributed by atoms with E-state index in [4.69, 9.17) is 4.74 Å². The first-order valence-corrected chi connectivity index (χ1v) is 9.38. The molecule has 3 rings (SSSR count). The SMILES string of the molecule is COC(=O)c1cc(C)nc2nc(SC(C)c3ccc(OC(F)F)cc3)[nH]c(=O)c12. The van der Waals surface area contributed by atoms with Crippen LogP contribution in [0.2, 0.25) is 0 Å². The molecule has 0 spiro atoms. The van der Waals surface area contributed by atoms with E-state index in [9.17, 15) is 18.4 Å². The number of aryl methyl sites for hydroxylation is 1. The Bertz CT molecular complexity index is 1100. The Morgan fingerprint density at radius 3 is 2.52 bits per heavy atom. The maximum absolute atomic E-state index is 12.6. The van der Waals surface area contributed by atoms with Gasteiger partial charge in [-0.2, -0.15) is 8.78 Å². The second-order valence-corrected chi connectivity index (χ2v) is 7.41. The molecule has 0 aliphatic heterocycles. The number of ether oxygens (including phenoxy) is 2. The minimum atomic E-state index is -2.88. The second kappa shape index (κ2) is 8.56. The van der Waals surface area contributed by atoms with Crippen LogP contribution in [-0.2, 0) is 4.74 Å². The number of fused-ring (bicyclic) bond motifs is 1. The van der Waals surface area contributed by atoms with Crippen molar-refractivity contribution in [3.63, 3.8) is 0 Å². The smallest absolute Gasteiger partial charge is 0.387 e. The minimum absolute atomic E-state index is 0.0629. The molecule has 0 bridgehead atoms. The highest BCUT2D eigenvalue weighted by Crippen LogP contribution is 2.33. The van der Waals surface area contributed by atoms with E-state index in [1.165, 1.54) is 37.1 Å². The molecule has 7 nitrogen and oxygen atoms in total. The maximum atomic E-state index is 12.6. The predicted octanol–water partition coefficient (Wildman–Crippen LogP) is 3.87. The van der Waals surface area contributed by atoms with Crippen LogP contribution in [0.5, 0.6) is 5.75 Å². The third-order valence-electron chi connectivity index (χ3n) is 4.05. The molecular weight excluding hydrogens is 404 g/mol. The zero-order chi connectivity index (χ0) is 21.1. The Balaban J connectivity index is 1.90. The van der Waals surface area contributed by atoms with Crippen molar-refractivity contribution < 1.29 is 23.0 Å². The first-order valence-electron chi connectivity index (χ1n) is 8.50. The average Bonchev–Trinajstić information content (AvgIpc) is 2.66. The quantitative estimate of drug-likeness (QED) is 0.367. The number of benzene rings is 1. The van der Waals surface area contributed by atoms with Crippen LogP contribution in [0.25, 0.3) is 11.0 Å². The van der Waals surface area contributed by atoms with Gasteiger partial charge in [-0.3, -0.25) is 4.79 Å². The van der Waals surface area contributed by atoms with Crippen LogP contribution in [0.1, 0.15) is 33.8 Å². The van der Waals surface area contributed by atoms with E-state index in [-0.39, 0.29) is 27.6 Å². The number of nitrogens with zero attached hydrogens (tertiary/aromatic N) is 2. The number of hydrogen-bond donors (Lipinski definition) is 1. The average molecular weight is 421 g/mol. The summed E-state index contributed by atoms with van der Waals surface area (Å²) in [6, 6.07) is 7.69. The first kappa shape index (κ1) is 20.7. The number of pyridine rings is 1. The lowest BCUT2D eigenvalue weighted by atomic mass is 10.1. The highest BCUT2D eigenvalue weighted by atomic mass is 32.2. The Hall–Kier alpha value is -3.01. The van der Waals surface area contributed by atoms with Gasteiger partial charge in [-0.15, -0.1) is 0 Å². The molecule has 2 aromatic heterocycles. The van der Waals surface area contributed by atoms with Gasteiger partial charge in [0.25, 0.3) is 5.56 Å². The largest absolute Gasteiger partial charge is 0.465 e. The van der Waals surface area contributed by atoms with E-state index in [2.05, 4.69) is 19.7 Å². The number of thioether (sulfide) groups is 1. The topological polar surface area (TPSA) is 94.2 Å². The van der Waals surface area contributed by atoms with Gasteiger partial charge in [0, 0.05) is 10.9 Å². The van der Waals surface area contributed by atoms with Gasteiger partial charge in [0.05, 0.1) is 18.1 Å². The highest BCUT2D eigenvalue weighted by Gasteiger charge is 2.18. The number of hydrogen-bond acceptors (Lipinski definition) is 7. The lowest BCUT2D eigenvalue weighted by Crippen LogP contribution is -2.16. The molecule has 1 aromatic carbocycles. The fraction of sp³-hybridized carbons (Fsp3) is 0.263.